The summed E-state index contributed by atoms with van der Waals surface area (Å²) in [5.41, 5.74) is 0.776. The highest BCUT2D eigenvalue weighted by Gasteiger charge is 2.51. The van der Waals surface area contributed by atoms with E-state index in [-0.39, 0.29) is 11.4 Å². The van der Waals surface area contributed by atoms with Gasteiger partial charge in [0.05, 0.1) is 31.9 Å². The Morgan fingerprint density at radius 3 is 3.04 bits per heavy atom. The van der Waals surface area contributed by atoms with Crippen LogP contribution in [-0.4, -0.2) is 80.3 Å². The fourth-order valence-corrected chi connectivity index (χ4v) is 4.02. The number of benzene rings is 1. The Morgan fingerprint density at radius 2 is 2.30 bits per heavy atom. The van der Waals surface area contributed by atoms with Gasteiger partial charge in [0.1, 0.15) is 5.75 Å². The number of hydrogen-bond donors (Lipinski definition) is 1. The molecule has 6 heteroatoms. The zero-order valence-electron chi connectivity index (χ0n) is 13.5. The van der Waals surface area contributed by atoms with Crippen molar-refractivity contribution >= 4 is 5.91 Å². The molecule has 3 aliphatic heterocycles. The lowest BCUT2D eigenvalue weighted by atomic mass is 9.84. The van der Waals surface area contributed by atoms with Gasteiger partial charge in [0, 0.05) is 38.3 Å². The van der Waals surface area contributed by atoms with Crippen molar-refractivity contribution in [3.05, 3.63) is 29.8 Å². The van der Waals surface area contributed by atoms with Gasteiger partial charge >= 0.3 is 0 Å². The average molecular weight is 317 g/mol. The minimum absolute atomic E-state index is 0.0837. The van der Waals surface area contributed by atoms with Crippen LogP contribution in [0.3, 0.4) is 0 Å². The summed E-state index contributed by atoms with van der Waals surface area (Å²) in [6.45, 7) is 5.89. The van der Waals surface area contributed by atoms with Crippen LogP contribution in [0, 0.1) is 0 Å². The number of fused-ring (bicyclic) bond motifs is 2. The summed E-state index contributed by atoms with van der Waals surface area (Å²) in [6, 6.07) is 7.71. The molecule has 1 atom stereocenters. The van der Waals surface area contributed by atoms with E-state index < -0.39 is 0 Å². The SMILES string of the molecule is COc1cccc(C(=O)N2CC3COCCN3C3(CNC3)C2)c1. The molecule has 1 aromatic carbocycles. The summed E-state index contributed by atoms with van der Waals surface area (Å²) in [4.78, 5) is 17.5. The molecule has 1 unspecified atom stereocenters. The number of piperazine rings is 1. The van der Waals surface area contributed by atoms with Gasteiger partial charge < -0.3 is 19.7 Å². The van der Waals surface area contributed by atoms with Crippen LogP contribution in [0.1, 0.15) is 10.4 Å². The van der Waals surface area contributed by atoms with Gasteiger partial charge in [-0.3, -0.25) is 9.69 Å². The van der Waals surface area contributed by atoms with E-state index in [4.69, 9.17) is 9.47 Å². The number of hydrogen-bond acceptors (Lipinski definition) is 5. The van der Waals surface area contributed by atoms with Gasteiger partial charge in [-0.1, -0.05) is 6.07 Å². The fraction of sp³-hybridized carbons (Fsp3) is 0.588. The number of rotatable bonds is 2. The topological polar surface area (TPSA) is 54.0 Å². The molecule has 1 N–H and O–H groups in total. The van der Waals surface area contributed by atoms with Crippen molar-refractivity contribution in [3.63, 3.8) is 0 Å². The van der Waals surface area contributed by atoms with Crippen LogP contribution in [-0.2, 0) is 4.74 Å². The molecule has 0 radical (unpaired) electrons. The maximum absolute atomic E-state index is 13.0. The second-order valence-corrected chi connectivity index (χ2v) is 6.67. The lowest BCUT2D eigenvalue weighted by molar-refractivity contribution is -0.123. The summed E-state index contributed by atoms with van der Waals surface area (Å²) in [5, 5.41) is 3.38. The third-order valence-electron chi connectivity index (χ3n) is 5.27. The van der Waals surface area contributed by atoms with Crippen LogP contribution < -0.4 is 10.1 Å². The summed E-state index contributed by atoms with van der Waals surface area (Å²) < 4.78 is 10.9. The Bertz CT molecular complexity index is 603. The molecule has 6 nitrogen and oxygen atoms in total. The fourth-order valence-electron chi connectivity index (χ4n) is 4.02. The minimum atomic E-state index is 0.0837. The normalized spacial score (nSPS) is 26.5. The zero-order valence-corrected chi connectivity index (χ0v) is 13.5. The number of morpholine rings is 1. The Balaban J connectivity index is 1.57. The van der Waals surface area contributed by atoms with Gasteiger partial charge in [-0.15, -0.1) is 0 Å². The zero-order chi connectivity index (χ0) is 15.9. The van der Waals surface area contributed by atoms with Crippen molar-refractivity contribution in [3.8, 4) is 5.75 Å². The highest BCUT2D eigenvalue weighted by molar-refractivity contribution is 5.94. The van der Waals surface area contributed by atoms with Crippen molar-refractivity contribution in [2.45, 2.75) is 11.6 Å². The second-order valence-electron chi connectivity index (χ2n) is 6.67. The molecule has 0 aromatic heterocycles. The van der Waals surface area contributed by atoms with Gasteiger partial charge in [0.25, 0.3) is 5.91 Å². The van der Waals surface area contributed by atoms with Gasteiger partial charge in [-0.2, -0.15) is 0 Å². The molecule has 3 saturated heterocycles. The summed E-state index contributed by atoms with van der Waals surface area (Å²) in [5.74, 6) is 0.802. The van der Waals surface area contributed by atoms with E-state index in [0.29, 0.717) is 18.2 Å². The molecule has 0 bridgehead atoms. The maximum atomic E-state index is 13.0. The highest BCUT2D eigenvalue weighted by Crippen LogP contribution is 2.32. The molecule has 1 spiro atoms. The largest absolute Gasteiger partial charge is 0.497 e. The standard InChI is InChI=1S/C17H23N3O3/c1-22-15-4-2-3-13(7-15)16(21)19-8-14-9-23-6-5-20(14)17(12-19)10-18-11-17/h2-4,7,14,18H,5-6,8-12H2,1H3. The molecule has 4 rings (SSSR count). The van der Waals surface area contributed by atoms with Crippen LogP contribution in [0.2, 0.25) is 0 Å². The number of methoxy groups -OCH3 is 1. The monoisotopic (exact) mass is 317 g/mol. The average Bonchev–Trinajstić information content (AvgIpc) is 2.58. The van der Waals surface area contributed by atoms with Gasteiger partial charge in [-0.05, 0) is 18.2 Å². The number of carbonyl (C=O) groups is 1. The minimum Gasteiger partial charge on any atom is -0.497 e. The summed E-state index contributed by atoms with van der Waals surface area (Å²) in [6.07, 6.45) is 0. The molecule has 124 valence electrons. The molecule has 23 heavy (non-hydrogen) atoms. The van der Waals surface area contributed by atoms with Crippen molar-refractivity contribution in [1.82, 2.24) is 15.1 Å². The van der Waals surface area contributed by atoms with Crippen molar-refractivity contribution in [2.24, 2.45) is 0 Å². The van der Waals surface area contributed by atoms with Crippen LogP contribution >= 0.6 is 0 Å². The van der Waals surface area contributed by atoms with E-state index in [1.807, 2.05) is 29.2 Å². The molecule has 1 aromatic rings. The van der Waals surface area contributed by atoms with Crippen LogP contribution in [0.25, 0.3) is 0 Å². The molecule has 0 aliphatic carbocycles. The predicted octanol–water partition coefficient (Wildman–Crippen LogP) is 0.194. The first kappa shape index (κ1) is 14.9. The van der Waals surface area contributed by atoms with E-state index in [9.17, 15) is 4.79 Å². The van der Waals surface area contributed by atoms with Crippen molar-refractivity contribution in [1.29, 1.82) is 0 Å². The Morgan fingerprint density at radius 1 is 1.43 bits per heavy atom. The lowest BCUT2D eigenvalue weighted by Crippen LogP contribution is -2.80. The Kier molecular flexibility index (Phi) is 3.75. The molecule has 3 heterocycles. The van der Waals surface area contributed by atoms with Gasteiger partial charge in [0.2, 0.25) is 0 Å². The molecule has 1 amide bonds. The van der Waals surface area contributed by atoms with E-state index >= 15 is 0 Å². The van der Waals surface area contributed by atoms with Gasteiger partial charge in [-0.25, -0.2) is 0 Å². The van der Waals surface area contributed by atoms with E-state index in [2.05, 4.69) is 10.2 Å². The van der Waals surface area contributed by atoms with Crippen molar-refractivity contribution < 1.29 is 14.3 Å². The molecular weight excluding hydrogens is 294 g/mol. The Labute approximate surface area is 136 Å². The number of nitrogens with zero attached hydrogens (tertiary/aromatic N) is 2. The number of carbonyl (C=O) groups excluding carboxylic acids is 1. The van der Waals surface area contributed by atoms with Crippen molar-refractivity contribution in [2.75, 3.05) is 53.0 Å². The smallest absolute Gasteiger partial charge is 0.254 e. The maximum Gasteiger partial charge on any atom is 0.254 e. The molecule has 3 fully saturated rings. The molecule has 0 saturated carbocycles. The summed E-state index contributed by atoms with van der Waals surface area (Å²) >= 11 is 0. The predicted molar refractivity (Wildman–Crippen MR) is 85.8 cm³/mol. The van der Waals surface area contributed by atoms with Crippen LogP contribution in [0.5, 0.6) is 5.75 Å². The third-order valence-corrected chi connectivity index (χ3v) is 5.27. The second kappa shape index (κ2) is 5.78. The Hall–Kier alpha value is -1.63. The van der Waals surface area contributed by atoms with E-state index in [0.717, 1.165) is 45.1 Å². The molecular formula is C17H23N3O3. The first-order valence-electron chi connectivity index (χ1n) is 8.20. The summed E-state index contributed by atoms with van der Waals surface area (Å²) in [7, 11) is 1.62. The first-order valence-corrected chi connectivity index (χ1v) is 8.20. The third kappa shape index (κ3) is 2.51. The first-order chi connectivity index (χ1) is 11.2. The lowest BCUT2D eigenvalue weighted by Gasteiger charge is -2.60. The van der Waals surface area contributed by atoms with E-state index in [1.54, 1.807) is 7.11 Å². The molecule has 3 aliphatic rings. The number of nitrogens with one attached hydrogen (secondary N) is 1. The van der Waals surface area contributed by atoms with E-state index in [1.165, 1.54) is 0 Å². The highest BCUT2D eigenvalue weighted by atomic mass is 16.5. The van der Waals surface area contributed by atoms with Crippen LogP contribution in [0.4, 0.5) is 0 Å². The van der Waals surface area contributed by atoms with Crippen LogP contribution in [0.15, 0.2) is 24.3 Å². The number of amides is 1. The number of ether oxygens (including phenoxy) is 2. The van der Waals surface area contributed by atoms with Gasteiger partial charge in [0.15, 0.2) is 0 Å². The quantitative estimate of drug-likeness (QED) is 0.844.